The molecule has 1 saturated heterocycles. The predicted octanol–water partition coefficient (Wildman–Crippen LogP) is 1.09. The van der Waals surface area contributed by atoms with E-state index in [0.717, 1.165) is 44.2 Å². The molecule has 0 saturated carbocycles. The van der Waals surface area contributed by atoms with Crippen LogP contribution in [0.1, 0.15) is 19.2 Å². The van der Waals surface area contributed by atoms with Crippen molar-refractivity contribution in [2.45, 2.75) is 19.8 Å². The van der Waals surface area contributed by atoms with E-state index in [0.29, 0.717) is 11.7 Å². The summed E-state index contributed by atoms with van der Waals surface area (Å²) in [7, 11) is 1.75. The van der Waals surface area contributed by atoms with E-state index in [1.165, 1.54) is 0 Å². The first kappa shape index (κ1) is 12.1. The Hall–Kier alpha value is -1.36. The quantitative estimate of drug-likeness (QED) is 0.848. The molecule has 0 bridgehead atoms. The number of nitrogens with zero attached hydrogens (tertiary/aromatic N) is 3. The third kappa shape index (κ3) is 2.85. The minimum absolute atomic E-state index is 0.557. The summed E-state index contributed by atoms with van der Waals surface area (Å²) in [6, 6.07) is 1.86. The first-order valence-corrected chi connectivity index (χ1v) is 6.10. The number of nitrogens with two attached hydrogens (primary N) is 1. The molecule has 2 rings (SSSR count). The van der Waals surface area contributed by atoms with Gasteiger partial charge in [0.2, 0.25) is 0 Å². The molecule has 94 valence electrons. The number of methoxy groups -OCH3 is 1. The fraction of sp³-hybridized carbons (Fsp3) is 0.667. The first-order valence-electron chi connectivity index (χ1n) is 6.10. The van der Waals surface area contributed by atoms with Crippen LogP contribution in [0, 0.1) is 5.92 Å². The number of anilines is 2. The second-order valence-corrected chi connectivity index (χ2v) is 4.48. The van der Waals surface area contributed by atoms with Crippen LogP contribution in [0.3, 0.4) is 0 Å². The molecule has 17 heavy (non-hydrogen) atoms. The van der Waals surface area contributed by atoms with E-state index in [-0.39, 0.29) is 0 Å². The molecule has 0 aromatic carbocycles. The van der Waals surface area contributed by atoms with Crippen molar-refractivity contribution >= 4 is 11.6 Å². The maximum atomic E-state index is 5.79. The molecule has 5 nitrogen and oxygen atoms in total. The summed E-state index contributed by atoms with van der Waals surface area (Å²) >= 11 is 0. The zero-order valence-corrected chi connectivity index (χ0v) is 10.5. The number of hydrogen-bond acceptors (Lipinski definition) is 5. The summed E-state index contributed by atoms with van der Waals surface area (Å²) in [4.78, 5) is 11.0. The van der Waals surface area contributed by atoms with Gasteiger partial charge in [-0.1, -0.05) is 6.92 Å². The molecule has 0 amide bonds. The largest absolute Gasteiger partial charge is 0.384 e. The van der Waals surface area contributed by atoms with Crippen LogP contribution in [0.25, 0.3) is 0 Å². The van der Waals surface area contributed by atoms with Crippen molar-refractivity contribution in [3.8, 4) is 0 Å². The second-order valence-electron chi connectivity index (χ2n) is 4.48. The third-order valence-corrected chi connectivity index (χ3v) is 3.11. The Morgan fingerprint density at radius 2 is 2.35 bits per heavy atom. The van der Waals surface area contributed by atoms with Crippen molar-refractivity contribution in [2.24, 2.45) is 5.92 Å². The van der Waals surface area contributed by atoms with Crippen molar-refractivity contribution in [3.05, 3.63) is 11.9 Å². The Bertz CT molecular complexity index is 383. The normalized spacial score (nSPS) is 19.9. The summed E-state index contributed by atoms with van der Waals surface area (Å²) in [5, 5.41) is 0. The van der Waals surface area contributed by atoms with Crippen molar-refractivity contribution in [2.75, 3.05) is 37.4 Å². The minimum atomic E-state index is 0.557. The molecule has 1 atom stereocenters. The maximum absolute atomic E-state index is 5.79. The lowest BCUT2D eigenvalue weighted by Crippen LogP contribution is -2.22. The number of aryl methyl sites for hydroxylation is 1. The van der Waals surface area contributed by atoms with Gasteiger partial charge in [-0.2, -0.15) is 0 Å². The van der Waals surface area contributed by atoms with Gasteiger partial charge in [-0.3, -0.25) is 0 Å². The zero-order chi connectivity index (χ0) is 12.3. The average Bonchev–Trinajstić information content (AvgIpc) is 2.77. The molecule has 1 fully saturated rings. The number of rotatable bonds is 4. The molecule has 1 aliphatic rings. The van der Waals surface area contributed by atoms with Gasteiger partial charge in [-0.15, -0.1) is 0 Å². The van der Waals surface area contributed by atoms with Crippen molar-refractivity contribution in [3.63, 3.8) is 0 Å². The molecule has 5 heteroatoms. The molecule has 1 aromatic rings. The highest BCUT2D eigenvalue weighted by Crippen LogP contribution is 2.23. The van der Waals surface area contributed by atoms with Crippen LogP contribution in [0.5, 0.6) is 0 Å². The standard InChI is InChI=1S/C12H20N4O/c1-3-11-14-10(13)6-12(15-11)16-5-4-9(7-16)8-17-2/h6,9H,3-5,7-8H2,1-2H3,(H2,13,14,15). The van der Waals surface area contributed by atoms with Crippen LogP contribution in [0.15, 0.2) is 6.07 Å². The lowest BCUT2D eigenvalue weighted by molar-refractivity contribution is 0.161. The highest BCUT2D eigenvalue weighted by Gasteiger charge is 2.23. The molecule has 1 aliphatic heterocycles. The number of aromatic nitrogens is 2. The molecular formula is C12H20N4O. The van der Waals surface area contributed by atoms with Gasteiger partial charge < -0.3 is 15.4 Å². The molecule has 2 N–H and O–H groups in total. The number of ether oxygens (including phenoxy) is 1. The van der Waals surface area contributed by atoms with Gasteiger partial charge >= 0.3 is 0 Å². The van der Waals surface area contributed by atoms with Crippen molar-refractivity contribution < 1.29 is 4.74 Å². The molecular weight excluding hydrogens is 216 g/mol. The number of nitrogen functional groups attached to an aromatic ring is 1. The topological polar surface area (TPSA) is 64.3 Å². The summed E-state index contributed by atoms with van der Waals surface area (Å²) in [6.45, 7) is 4.87. The highest BCUT2D eigenvalue weighted by molar-refractivity contribution is 5.47. The number of hydrogen-bond donors (Lipinski definition) is 1. The van der Waals surface area contributed by atoms with Gasteiger partial charge in [0.05, 0.1) is 6.61 Å². The summed E-state index contributed by atoms with van der Waals surface area (Å²) < 4.78 is 5.19. The summed E-state index contributed by atoms with van der Waals surface area (Å²) in [5.74, 6) is 2.92. The predicted molar refractivity (Wildman–Crippen MR) is 68.0 cm³/mol. The Kier molecular flexibility index (Phi) is 3.78. The van der Waals surface area contributed by atoms with E-state index < -0.39 is 0 Å². The maximum Gasteiger partial charge on any atom is 0.134 e. The van der Waals surface area contributed by atoms with Gasteiger partial charge in [0.25, 0.3) is 0 Å². The van der Waals surface area contributed by atoms with E-state index in [9.17, 15) is 0 Å². The van der Waals surface area contributed by atoms with Gasteiger partial charge in [-0.25, -0.2) is 9.97 Å². The van der Waals surface area contributed by atoms with Crippen LogP contribution in [-0.2, 0) is 11.2 Å². The van der Waals surface area contributed by atoms with Crippen LogP contribution in [-0.4, -0.2) is 36.8 Å². The average molecular weight is 236 g/mol. The SMILES string of the molecule is CCc1nc(N)cc(N2CCC(COC)C2)n1. The fourth-order valence-corrected chi connectivity index (χ4v) is 2.24. The Labute approximate surface area is 102 Å². The Morgan fingerprint density at radius 3 is 3.06 bits per heavy atom. The zero-order valence-electron chi connectivity index (χ0n) is 10.5. The Balaban J connectivity index is 2.10. The van der Waals surface area contributed by atoms with Crippen LogP contribution >= 0.6 is 0 Å². The van der Waals surface area contributed by atoms with Gasteiger partial charge in [0, 0.05) is 38.6 Å². The molecule has 0 aliphatic carbocycles. The van der Waals surface area contributed by atoms with Crippen molar-refractivity contribution in [1.82, 2.24) is 9.97 Å². The van der Waals surface area contributed by atoms with Gasteiger partial charge in [-0.05, 0) is 6.42 Å². The lowest BCUT2D eigenvalue weighted by Gasteiger charge is -2.18. The highest BCUT2D eigenvalue weighted by atomic mass is 16.5. The Morgan fingerprint density at radius 1 is 1.53 bits per heavy atom. The third-order valence-electron chi connectivity index (χ3n) is 3.11. The molecule has 2 heterocycles. The molecule has 0 radical (unpaired) electrons. The smallest absolute Gasteiger partial charge is 0.134 e. The van der Waals surface area contributed by atoms with E-state index >= 15 is 0 Å². The minimum Gasteiger partial charge on any atom is -0.384 e. The summed E-state index contributed by atoms with van der Waals surface area (Å²) in [6.07, 6.45) is 1.96. The molecule has 1 aromatic heterocycles. The van der Waals surface area contributed by atoms with Crippen LogP contribution < -0.4 is 10.6 Å². The fourth-order valence-electron chi connectivity index (χ4n) is 2.24. The van der Waals surface area contributed by atoms with E-state index in [1.54, 1.807) is 7.11 Å². The second kappa shape index (κ2) is 5.31. The van der Waals surface area contributed by atoms with Gasteiger partial charge in [0.15, 0.2) is 0 Å². The van der Waals surface area contributed by atoms with Crippen LogP contribution in [0.4, 0.5) is 11.6 Å². The van der Waals surface area contributed by atoms with E-state index in [2.05, 4.69) is 14.9 Å². The monoisotopic (exact) mass is 236 g/mol. The molecule has 0 spiro atoms. The van der Waals surface area contributed by atoms with E-state index in [4.69, 9.17) is 10.5 Å². The first-order chi connectivity index (χ1) is 8.22. The lowest BCUT2D eigenvalue weighted by atomic mass is 10.1. The van der Waals surface area contributed by atoms with Crippen molar-refractivity contribution in [1.29, 1.82) is 0 Å². The summed E-state index contributed by atoms with van der Waals surface area (Å²) in [5.41, 5.74) is 5.79. The van der Waals surface area contributed by atoms with E-state index in [1.807, 2.05) is 13.0 Å². The van der Waals surface area contributed by atoms with Gasteiger partial charge in [0.1, 0.15) is 17.5 Å². The van der Waals surface area contributed by atoms with Crippen LogP contribution in [0.2, 0.25) is 0 Å². The molecule has 1 unspecified atom stereocenters.